The SMILES string of the molecule is CCCCOc1ccc(/C=N/NC(=O)Cc2csc(N)n2)cc1. The number of anilines is 1. The summed E-state index contributed by atoms with van der Waals surface area (Å²) in [7, 11) is 0. The number of amides is 1. The maximum absolute atomic E-state index is 11.7. The van der Waals surface area contributed by atoms with Crippen LogP contribution >= 0.6 is 11.3 Å². The second-order valence-electron chi connectivity index (χ2n) is 4.92. The number of carbonyl (C=O) groups excluding carboxylic acids is 1. The van der Waals surface area contributed by atoms with Crippen LogP contribution in [0.2, 0.25) is 0 Å². The van der Waals surface area contributed by atoms with Gasteiger partial charge in [0.2, 0.25) is 5.91 Å². The smallest absolute Gasteiger partial charge is 0.246 e. The first-order chi connectivity index (χ1) is 11.2. The Labute approximate surface area is 139 Å². The average Bonchev–Trinajstić information content (AvgIpc) is 2.94. The van der Waals surface area contributed by atoms with Crippen molar-refractivity contribution in [1.82, 2.24) is 10.4 Å². The molecule has 1 amide bonds. The van der Waals surface area contributed by atoms with E-state index in [0.717, 1.165) is 30.8 Å². The molecule has 0 saturated heterocycles. The Kier molecular flexibility index (Phi) is 6.56. The van der Waals surface area contributed by atoms with E-state index in [4.69, 9.17) is 10.5 Å². The second kappa shape index (κ2) is 8.89. The highest BCUT2D eigenvalue weighted by Crippen LogP contribution is 2.12. The van der Waals surface area contributed by atoms with Crippen LogP contribution in [-0.2, 0) is 11.2 Å². The zero-order chi connectivity index (χ0) is 16.5. The first kappa shape index (κ1) is 17.0. The van der Waals surface area contributed by atoms with Gasteiger partial charge >= 0.3 is 0 Å². The number of hydrazone groups is 1. The van der Waals surface area contributed by atoms with Crippen LogP contribution < -0.4 is 15.9 Å². The van der Waals surface area contributed by atoms with Gasteiger partial charge in [-0.1, -0.05) is 13.3 Å². The highest BCUT2D eigenvalue weighted by Gasteiger charge is 2.05. The fraction of sp³-hybridized carbons (Fsp3) is 0.312. The molecule has 0 aliphatic carbocycles. The first-order valence-electron chi connectivity index (χ1n) is 7.42. The molecule has 23 heavy (non-hydrogen) atoms. The van der Waals surface area contributed by atoms with Crippen molar-refractivity contribution in [2.24, 2.45) is 5.10 Å². The molecule has 0 spiro atoms. The average molecular weight is 332 g/mol. The van der Waals surface area contributed by atoms with Gasteiger partial charge < -0.3 is 10.5 Å². The zero-order valence-electron chi connectivity index (χ0n) is 13.0. The van der Waals surface area contributed by atoms with Crippen LogP contribution in [0.4, 0.5) is 5.13 Å². The van der Waals surface area contributed by atoms with Crippen molar-refractivity contribution in [2.45, 2.75) is 26.2 Å². The Bertz CT molecular complexity index is 652. The fourth-order valence-electron chi connectivity index (χ4n) is 1.77. The summed E-state index contributed by atoms with van der Waals surface area (Å²) < 4.78 is 5.58. The highest BCUT2D eigenvalue weighted by molar-refractivity contribution is 7.13. The number of rotatable bonds is 8. The van der Waals surface area contributed by atoms with E-state index < -0.39 is 0 Å². The summed E-state index contributed by atoms with van der Waals surface area (Å²) in [5, 5.41) is 6.14. The molecule has 1 aromatic heterocycles. The molecule has 0 aliphatic heterocycles. The lowest BCUT2D eigenvalue weighted by Crippen LogP contribution is -2.19. The Morgan fingerprint density at radius 1 is 1.43 bits per heavy atom. The zero-order valence-corrected chi connectivity index (χ0v) is 13.8. The van der Waals surface area contributed by atoms with Gasteiger partial charge in [-0.2, -0.15) is 5.10 Å². The summed E-state index contributed by atoms with van der Waals surface area (Å²) in [6, 6.07) is 7.55. The van der Waals surface area contributed by atoms with Crippen LogP contribution in [0.1, 0.15) is 31.0 Å². The summed E-state index contributed by atoms with van der Waals surface area (Å²) in [6.07, 6.45) is 3.90. The minimum Gasteiger partial charge on any atom is -0.494 e. The Balaban J connectivity index is 1.77. The predicted octanol–water partition coefficient (Wildman–Crippen LogP) is 2.60. The Morgan fingerprint density at radius 3 is 2.87 bits per heavy atom. The monoisotopic (exact) mass is 332 g/mol. The van der Waals surface area contributed by atoms with Gasteiger partial charge in [-0.3, -0.25) is 4.79 Å². The van der Waals surface area contributed by atoms with E-state index in [1.54, 1.807) is 11.6 Å². The van der Waals surface area contributed by atoms with E-state index in [1.165, 1.54) is 11.3 Å². The molecule has 2 rings (SSSR count). The Morgan fingerprint density at radius 2 is 2.22 bits per heavy atom. The van der Waals surface area contributed by atoms with Crippen LogP contribution in [0.3, 0.4) is 0 Å². The first-order valence-corrected chi connectivity index (χ1v) is 8.30. The number of carbonyl (C=O) groups is 1. The third kappa shape index (κ3) is 6.07. The number of unbranched alkanes of at least 4 members (excludes halogenated alkanes) is 1. The van der Waals surface area contributed by atoms with E-state index in [0.29, 0.717) is 10.8 Å². The molecule has 1 heterocycles. The normalized spacial score (nSPS) is 10.8. The number of aromatic nitrogens is 1. The number of thiazole rings is 1. The molecule has 0 aliphatic rings. The largest absolute Gasteiger partial charge is 0.494 e. The molecule has 7 heteroatoms. The van der Waals surface area contributed by atoms with E-state index >= 15 is 0 Å². The van der Waals surface area contributed by atoms with Crippen LogP contribution in [0, 0.1) is 0 Å². The maximum Gasteiger partial charge on any atom is 0.246 e. The van der Waals surface area contributed by atoms with E-state index in [1.807, 2.05) is 24.3 Å². The van der Waals surface area contributed by atoms with Gasteiger partial charge in [0.15, 0.2) is 5.13 Å². The summed E-state index contributed by atoms with van der Waals surface area (Å²) in [5.74, 6) is 0.604. The molecular weight excluding hydrogens is 312 g/mol. The molecule has 6 nitrogen and oxygen atoms in total. The number of nitrogen functional groups attached to an aromatic ring is 1. The van der Waals surface area contributed by atoms with Crippen molar-refractivity contribution in [3.05, 3.63) is 40.9 Å². The topological polar surface area (TPSA) is 89.6 Å². The third-order valence-electron chi connectivity index (χ3n) is 2.96. The van der Waals surface area contributed by atoms with E-state index in [2.05, 4.69) is 22.4 Å². The molecular formula is C16H20N4O2S. The number of nitrogens with one attached hydrogen (secondary N) is 1. The van der Waals surface area contributed by atoms with E-state index in [-0.39, 0.29) is 12.3 Å². The summed E-state index contributed by atoms with van der Waals surface area (Å²) in [6.45, 7) is 2.85. The third-order valence-corrected chi connectivity index (χ3v) is 3.68. The molecule has 0 fully saturated rings. The lowest BCUT2D eigenvalue weighted by atomic mass is 10.2. The molecule has 122 valence electrons. The molecule has 0 saturated carbocycles. The van der Waals surface area contributed by atoms with Crippen LogP contribution in [0.15, 0.2) is 34.7 Å². The predicted molar refractivity (Wildman–Crippen MR) is 92.8 cm³/mol. The van der Waals surface area contributed by atoms with Gasteiger partial charge in [-0.15, -0.1) is 11.3 Å². The van der Waals surface area contributed by atoms with Gasteiger partial charge in [0, 0.05) is 5.38 Å². The Hall–Kier alpha value is -2.41. The van der Waals surface area contributed by atoms with Gasteiger partial charge in [-0.05, 0) is 36.2 Å². The van der Waals surface area contributed by atoms with Crippen molar-refractivity contribution < 1.29 is 9.53 Å². The number of hydrogen-bond acceptors (Lipinski definition) is 6. The summed E-state index contributed by atoms with van der Waals surface area (Å²) in [5.41, 5.74) is 9.51. The highest BCUT2D eigenvalue weighted by atomic mass is 32.1. The molecule has 1 aromatic carbocycles. The maximum atomic E-state index is 11.7. The van der Waals surface area contributed by atoms with Gasteiger partial charge in [0.1, 0.15) is 5.75 Å². The van der Waals surface area contributed by atoms with E-state index in [9.17, 15) is 4.79 Å². The number of ether oxygens (including phenoxy) is 1. The van der Waals surface area contributed by atoms with Crippen molar-refractivity contribution in [2.75, 3.05) is 12.3 Å². The van der Waals surface area contributed by atoms with Crippen molar-refractivity contribution >= 4 is 28.6 Å². The standard InChI is InChI=1S/C16H20N4O2S/c1-2-3-8-22-14-6-4-12(5-7-14)10-18-20-15(21)9-13-11-23-16(17)19-13/h4-7,10-11H,2-3,8-9H2,1H3,(H2,17,19)(H,20,21)/b18-10+. The lowest BCUT2D eigenvalue weighted by Gasteiger charge is -2.04. The quantitative estimate of drug-likeness (QED) is 0.442. The minimum absolute atomic E-state index is 0.162. The van der Waals surface area contributed by atoms with Gasteiger partial charge in [0.25, 0.3) is 0 Å². The lowest BCUT2D eigenvalue weighted by molar-refractivity contribution is -0.120. The van der Waals surface area contributed by atoms with Crippen LogP contribution in [0.25, 0.3) is 0 Å². The van der Waals surface area contributed by atoms with Crippen LogP contribution in [-0.4, -0.2) is 23.7 Å². The number of nitrogens with zero attached hydrogens (tertiary/aromatic N) is 2. The number of benzene rings is 1. The fourth-order valence-corrected chi connectivity index (χ4v) is 2.33. The summed E-state index contributed by atoms with van der Waals surface area (Å²) >= 11 is 1.31. The molecule has 0 unspecified atom stereocenters. The van der Waals surface area contributed by atoms with Gasteiger partial charge in [-0.25, -0.2) is 10.4 Å². The minimum atomic E-state index is -0.230. The number of hydrogen-bond donors (Lipinski definition) is 2. The van der Waals surface area contributed by atoms with Crippen molar-refractivity contribution in [3.8, 4) is 5.75 Å². The van der Waals surface area contributed by atoms with Crippen molar-refractivity contribution in [3.63, 3.8) is 0 Å². The van der Waals surface area contributed by atoms with Crippen molar-refractivity contribution in [1.29, 1.82) is 0 Å². The van der Waals surface area contributed by atoms with Gasteiger partial charge in [0.05, 0.1) is 24.9 Å². The number of nitrogens with two attached hydrogens (primary N) is 1. The molecule has 3 N–H and O–H groups in total. The molecule has 2 aromatic rings. The second-order valence-corrected chi connectivity index (χ2v) is 5.81. The van der Waals surface area contributed by atoms with Crippen LogP contribution in [0.5, 0.6) is 5.75 Å². The molecule has 0 radical (unpaired) electrons. The molecule has 0 bridgehead atoms. The summed E-state index contributed by atoms with van der Waals surface area (Å²) in [4.78, 5) is 15.7. The molecule has 0 atom stereocenters.